The van der Waals surface area contributed by atoms with Gasteiger partial charge in [-0.05, 0) is 19.3 Å². The van der Waals surface area contributed by atoms with Crippen LogP contribution < -0.4 is 11.1 Å². The molecule has 0 saturated carbocycles. The van der Waals surface area contributed by atoms with Gasteiger partial charge in [0.25, 0.3) is 0 Å². The molecule has 1 heterocycles. The van der Waals surface area contributed by atoms with Crippen molar-refractivity contribution < 1.29 is 4.79 Å². The summed E-state index contributed by atoms with van der Waals surface area (Å²) in [5.41, 5.74) is 5.61. The van der Waals surface area contributed by atoms with Crippen molar-refractivity contribution in [1.29, 1.82) is 0 Å². The second kappa shape index (κ2) is 7.09. The Morgan fingerprint density at radius 1 is 1.44 bits per heavy atom. The minimum Gasteiger partial charge on any atom is -0.370 e. The first-order valence-corrected chi connectivity index (χ1v) is 6.05. The van der Waals surface area contributed by atoms with E-state index in [4.69, 9.17) is 5.73 Å². The topological polar surface area (TPSA) is 70.7 Å². The lowest BCUT2D eigenvalue weighted by Crippen LogP contribution is -2.36. The third-order valence-electron chi connectivity index (χ3n) is 2.61. The summed E-state index contributed by atoms with van der Waals surface area (Å²) in [6.07, 6.45) is 3.76. The first-order valence-electron chi connectivity index (χ1n) is 6.05. The normalized spacial score (nSPS) is 16.6. The van der Waals surface area contributed by atoms with Crippen molar-refractivity contribution in [2.75, 3.05) is 26.2 Å². The van der Waals surface area contributed by atoms with E-state index >= 15 is 0 Å². The van der Waals surface area contributed by atoms with Crippen LogP contribution in [0.4, 0.5) is 0 Å². The summed E-state index contributed by atoms with van der Waals surface area (Å²) in [5.74, 6) is 0.657. The van der Waals surface area contributed by atoms with Gasteiger partial charge in [0.15, 0.2) is 5.96 Å². The number of hydrogen-bond acceptors (Lipinski definition) is 2. The van der Waals surface area contributed by atoms with E-state index in [-0.39, 0.29) is 5.91 Å². The van der Waals surface area contributed by atoms with Crippen LogP contribution in [0.1, 0.15) is 32.6 Å². The lowest BCUT2D eigenvalue weighted by molar-refractivity contribution is -0.129. The van der Waals surface area contributed by atoms with Crippen molar-refractivity contribution in [3.8, 4) is 0 Å². The van der Waals surface area contributed by atoms with Crippen LogP contribution in [0.25, 0.3) is 0 Å². The predicted octanol–water partition coefficient (Wildman–Crippen LogP) is 0.313. The number of nitrogens with one attached hydrogen (secondary N) is 1. The molecule has 1 aliphatic rings. The monoisotopic (exact) mass is 226 g/mol. The Labute approximate surface area is 97.1 Å². The third kappa shape index (κ3) is 4.51. The summed E-state index contributed by atoms with van der Waals surface area (Å²) < 4.78 is 0. The van der Waals surface area contributed by atoms with Crippen molar-refractivity contribution in [1.82, 2.24) is 10.2 Å². The van der Waals surface area contributed by atoms with Gasteiger partial charge in [-0.1, -0.05) is 6.92 Å². The largest absolute Gasteiger partial charge is 0.370 e. The number of amides is 1. The van der Waals surface area contributed by atoms with Crippen LogP contribution in [0.3, 0.4) is 0 Å². The van der Waals surface area contributed by atoms with Gasteiger partial charge in [0, 0.05) is 32.6 Å². The molecule has 0 aromatic heterocycles. The summed E-state index contributed by atoms with van der Waals surface area (Å²) >= 11 is 0. The predicted molar refractivity (Wildman–Crippen MR) is 65.2 cm³/mol. The maximum Gasteiger partial charge on any atom is 0.224 e. The van der Waals surface area contributed by atoms with E-state index in [0.717, 1.165) is 38.9 Å². The molecule has 1 rings (SSSR count). The first kappa shape index (κ1) is 12.8. The van der Waals surface area contributed by atoms with E-state index in [2.05, 4.69) is 10.3 Å². The number of rotatable bonds is 5. The lowest BCUT2D eigenvalue weighted by Gasteiger charge is -2.15. The number of likely N-dealkylation sites (tertiary alicyclic amines) is 1. The molecule has 3 N–H and O–H groups in total. The molecule has 0 radical (unpaired) electrons. The highest BCUT2D eigenvalue weighted by molar-refractivity contribution is 5.80. The Morgan fingerprint density at radius 2 is 2.12 bits per heavy atom. The number of guanidine groups is 1. The van der Waals surface area contributed by atoms with Gasteiger partial charge in [-0.2, -0.15) is 0 Å². The smallest absolute Gasteiger partial charge is 0.224 e. The van der Waals surface area contributed by atoms with E-state index in [0.29, 0.717) is 18.9 Å². The van der Waals surface area contributed by atoms with E-state index in [1.54, 1.807) is 0 Å². The highest BCUT2D eigenvalue weighted by Crippen LogP contribution is 2.08. The van der Waals surface area contributed by atoms with Crippen LogP contribution in [0.5, 0.6) is 0 Å². The van der Waals surface area contributed by atoms with Gasteiger partial charge >= 0.3 is 0 Å². The second-order valence-electron chi connectivity index (χ2n) is 4.03. The molecule has 5 nitrogen and oxygen atoms in total. The molecule has 0 unspecified atom stereocenters. The number of nitrogens with zero attached hydrogens (tertiary/aromatic N) is 2. The average molecular weight is 226 g/mol. The van der Waals surface area contributed by atoms with Crippen LogP contribution in [0.15, 0.2) is 4.99 Å². The number of aliphatic imine (C=N–C) groups is 1. The standard InChI is InChI=1S/C11H22N4O/c1-2-6-13-11(12)14-7-5-10(16)15-8-3-4-9-15/h2-9H2,1H3,(H3,12,13,14). The SMILES string of the molecule is CCCN=C(N)NCCC(=O)N1CCCC1. The molecule has 0 bridgehead atoms. The minimum absolute atomic E-state index is 0.216. The van der Waals surface area contributed by atoms with Crippen LogP contribution in [0.2, 0.25) is 0 Å². The summed E-state index contributed by atoms with van der Waals surface area (Å²) in [7, 11) is 0. The lowest BCUT2D eigenvalue weighted by atomic mass is 10.3. The Balaban J connectivity index is 2.12. The van der Waals surface area contributed by atoms with E-state index < -0.39 is 0 Å². The van der Waals surface area contributed by atoms with Gasteiger partial charge in [0.2, 0.25) is 5.91 Å². The molecule has 5 heteroatoms. The summed E-state index contributed by atoms with van der Waals surface area (Å²) in [6.45, 7) is 5.19. The van der Waals surface area contributed by atoms with Gasteiger partial charge < -0.3 is 16.0 Å². The molecule has 16 heavy (non-hydrogen) atoms. The molecular weight excluding hydrogens is 204 g/mol. The molecule has 0 atom stereocenters. The Morgan fingerprint density at radius 3 is 2.75 bits per heavy atom. The maximum absolute atomic E-state index is 11.6. The summed E-state index contributed by atoms with van der Waals surface area (Å²) in [6, 6.07) is 0. The minimum atomic E-state index is 0.216. The quantitative estimate of drug-likeness (QED) is 0.523. The fourth-order valence-corrected chi connectivity index (χ4v) is 1.71. The summed E-state index contributed by atoms with van der Waals surface area (Å²) in [5, 5.41) is 2.95. The van der Waals surface area contributed by atoms with E-state index in [1.165, 1.54) is 0 Å². The zero-order valence-corrected chi connectivity index (χ0v) is 10.0. The number of nitrogens with two attached hydrogens (primary N) is 1. The Hall–Kier alpha value is -1.26. The molecular formula is C11H22N4O. The molecule has 0 aromatic carbocycles. The van der Waals surface area contributed by atoms with Crippen LogP contribution in [-0.2, 0) is 4.79 Å². The van der Waals surface area contributed by atoms with Gasteiger partial charge in [-0.15, -0.1) is 0 Å². The zero-order valence-electron chi connectivity index (χ0n) is 10.0. The van der Waals surface area contributed by atoms with Gasteiger partial charge in [-0.3, -0.25) is 9.79 Å². The molecule has 1 amide bonds. The fraction of sp³-hybridized carbons (Fsp3) is 0.818. The zero-order chi connectivity index (χ0) is 11.8. The van der Waals surface area contributed by atoms with Gasteiger partial charge in [-0.25, -0.2) is 0 Å². The highest BCUT2D eigenvalue weighted by atomic mass is 16.2. The van der Waals surface area contributed by atoms with Crippen molar-refractivity contribution in [2.45, 2.75) is 32.6 Å². The highest BCUT2D eigenvalue weighted by Gasteiger charge is 2.16. The van der Waals surface area contributed by atoms with Gasteiger partial charge in [0.05, 0.1) is 0 Å². The van der Waals surface area contributed by atoms with Crippen LogP contribution in [0, 0.1) is 0 Å². The Bertz CT molecular complexity index is 246. The van der Waals surface area contributed by atoms with Crippen LogP contribution in [-0.4, -0.2) is 42.9 Å². The molecule has 1 aliphatic heterocycles. The maximum atomic E-state index is 11.6. The summed E-state index contributed by atoms with van der Waals surface area (Å²) in [4.78, 5) is 17.7. The second-order valence-corrected chi connectivity index (χ2v) is 4.03. The molecule has 1 saturated heterocycles. The molecule has 92 valence electrons. The third-order valence-corrected chi connectivity index (χ3v) is 2.61. The van der Waals surface area contributed by atoms with E-state index in [9.17, 15) is 4.79 Å². The van der Waals surface area contributed by atoms with Gasteiger partial charge in [0.1, 0.15) is 0 Å². The molecule has 0 aliphatic carbocycles. The van der Waals surface area contributed by atoms with Crippen molar-refractivity contribution >= 4 is 11.9 Å². The number of hydrogen-bond donors (Lipinski definition) is 2. The Kier molecular flexibility index (Phi) is 5.67. The molecule has 0 aromatic rings. The number of carbonyl (C=O) groups excluding carboxylic acids is 1. The van der Waals surface area contributed by atoms with E-state index in [1.807, 2.05) is 11.8 Å². The molecule has 1 fully saturated rings. The van der Waals surface area contributed by atoms with Crippen molar-refractivity contribution in [2.24, 2.45) is 10.7 Å². The van der Waals surface area contributed by atoms with Crippen molar-refractivity contribution in [3.05, 3.63) is 0 Å². The first-order chi connectivity index (χ1) is 7.74. The van der Waals surface area contributed by atoms with Crippen molar-refractivity contribution in [3.63, 3.8) is 0 Å². The molecule has 0 spiro atoms. The average Bonchev–Trinajstić information content (AvgIpc) is 2.79. The van der Waals surface area contributed by atoms with Crippen LogP contribution >= 0.6 is 0 Å². The number of carbonyl (C=O) groups is 1. The fourth-order valence-electron chi connectivity index (χ4n) is 1.71.